The molecule has 0 aromatic heterocycles. The van der Waals surface area contributed by atoms with Gasteiger partial charge in [0.15, 0.2) is 0 Å². The molecule has 278 valence electrons. The van der Waals surface area contributed by atoms with Crippen molar-refractivity contribution in [2.75, 3.05) is 52.2 Å². The molecule has 2 fully saturated rings. The average Bonchev–Trinajstić information content (AvgIpc) is 3.55. The number of nitrogens with zero attached hydrogens (tertiary/aromatic N) is 1. The molecule has 2 atom stereocenters. The highest BCUT2D eigenvalue weighted by Crippen LogP contribution is 2.40. The van der Waals surface area contributed by atoms with Crippen molar-refractivity contribution >= 4 is 29.1 Å². The summed E-state index contributed by atoms with van der Waals surface area (Å²) in [7, 11) is 3.32. The van der Waals surface area contributed by atoms with Gasteiger partial charge in [0.2, 0.25) is 5.91 Å². The molecule has 0 bridgehead atoms. The first-order valence-electron chi connectivity index (χ1n) is 18.6. The van der Waals surface area contributed by atoms with Crippen LogP contribution in [0.4, 0.5) is 18.9 Å². The lowest BCUT2D eigenvalue weighted by atomic mass is 9.77. The van der Waals surface area contributed by atoms with Crippen molar-refractivity contribution in [1.82, 2.24) is 20.9 Å². The van der Waals surface area contributed by atoms with Gasteiger partial charge in [-0.25, -0.2) is 0 Å². The van der Waals surface area contributed by atoms with Gasteiger partial charge < -0.3 is 30.9 Å². The number of benzene rings is 1. The Labute approximate surface area is 300 Å². The van der Waals surface area contributed by atoms with Gasteiger partial charge in [-0.05, 0) is 87.1 Å². The third-order valence-electron chi connectivity index (χ3n) is 11.1. The van der Waals surface area contributed by atoms with E-state index in [1.807, 2.05) is 7.05 Å². The fourth-order valence-electron chi connectivity index (χ4n) is 8.16. The molecule has 0 spiro atoms. The molecular weight excluding hydrogens is 667 g/mol. The van der Waals surface area contributed by atoms with Crippen molar-refractivity contribution in [2.45, 2.75) is 102 Å². The van der Waals surface area contributed by atoms with Crippen LogP contribution in [0.3, 0.4) is 0 Å². The zero-order valence-corrected chi connectivity index (χ0v) is 30.4. The van der Waals surface area contributed by atoms with Crippen LogP contribution in [-0.2, 0) is 26.9 Å². The maximum absolute atomic E-state index is 13.9. The van der Waals surface area contributed by atoms with Crippen LogP contribution in [-0.4, -0.2) is 75.7 Å². The monoisotopic (exact) mass is 721 g/mol. The van der Waals surface area contributed by atoms with Gasteiger partial charge in [0.25, 0.3) is 5.91 Å². The van der Waals surface area contributed by atoms with E-state index >= 15 is 0 Å². The number of alkyl halides is 3. The van der Waals surface area contributed by atoms with Gasteiger partial charge in [0.05, 0.1) is 16.3 Å². The second-order valence-electron chi connectivity index (χ2n) is 14.6. The number of piperidine rings is 1. The zero-order chi connectivity index (χ0) is 35.7. The van der Waals surface area contributed by atoms with Crippen LogP contribution >= 0.6 is 11.6 Å². The number of hydrogen-bond donors (Lipinski definition) is 4. The lowest BCUT2D eigenvalue weighted by Crippen LogP contribution is -2.49. The van der Waals surface area contributed by atoms with Gasteiger partial charge in [0.1, 0.15) is 6.10 Å². The molecule has 8 nitrogen and oxygen atoms in total. The molecule has 1 saturated carbocycles. The van der Waals surface area contributed by atoms with Crippen molar-refractivity contribution in [2.24, 2.45) is 17.8 Å². The van der Waals surface area contributed by atoms with E-state index in [2.05, 4.69) is 33.4 Å². The summed E-state index contributed by atoms with van der Waals surface area (Å²) in [5, 5.41) is 12.3. The molecule has 2 aliphatic carbocycles. The Bertz CT molecular complexity index is 1370. The van der Waals surface area contributed by atoms with Gasteiger partial charge in [-0.2, -0.15) is 13.2 Å². The van der Waals surface area contributed by atoms with Crippen LogP contribution < -0.4 is 21.3 Å². The van der Waals surface area contributed by atoms with Gasteiger partial charge >= 0.3 is 6.18 Å². The van der Waals surface area contributed by atoms with Crippen LogP contribution in [0.2, 0.25) is 5.02 Å². The van der Waals surface area contributed by atoms with Gasteiger partial charge in [-0.1, -0.05) is 49.4 Å². The van der Waals surface area contributed by atoms with E-state index in [0.717, 1.165) is 89.1 Å². The Morgan fingerprint density at radius 3 is 2.44 bits per heavy atom. The lowest BCUT2D eigenvalue weighted by molar-refractivity contribution is -0.145. The summed E-state index contributed by atoms with van der Waals surface area (Å²) in [5.74, 6) is 1.32. The molecule has 2 heterocycles. The molecule has 1 saturated heterocycles. The summed E-state index contributed by atoms with van der Waals surface area (Å²) >= 11 is 6.30. The number of amides is 2. The predicted molar refractivity (Wildman–Crippen MR) is 192 cm³/mol. The molecule has 5 rings (SSSR count). The Morgan fingerprint density at radius 1 is 1.04 bits per heavy atom. The second kappa shape index (κ2) is 18.2. The number of rotatable bonds is 16. The first-order valence-corrected chi connectivity index (χ1v) is 19.0. The summed E-state index contributed by atoms with van der Waals surface area (Å²) in [4.78, 5) is 28.2. The van der Waals surface area contributed by atoms with E-state index < -0.39 is 17.8 Å². The summed E-state index contributed by atoms with van der Waals surface area (Å²) in [6, 6.07) is 2.91. The van der Waals surface area contributed by atoms with Gasteiger partial charge in [-0.3, -0.25) is 9.59 Å². The van der Waals surface area contributed by atoms with E-state index in [9.17, 15) is 22.8 Å². The maximum Gasteiger partial charge on any atom is 0.418 e. The largest absolute Gasteiger partial charge is 0.418 e. The summed E-state index contributed by atoms with van der Waals surface area (Å²) in [6.45, 7) is 3.24. The Hall–Kier alpha value is -2.60. The highest BCUT2D eigenvalue weighted by Gasteiger charge is 2.36. The molecular formula is C38H55ClF3N5O3. The summed E-state index contributed by atoms with van der Waals surface area (Å²) < 4.78 is 48.0. The van der Waals surface area contributed by atoms with Gasteiger partial charge in [0, 0.05) is 70.3 Å². The molecule has 0 unspecified atom stereocenters. The van der Waals surface area contributed by atoms with Crippen LogP contribution in [0.15, 0.2) is 35.6 Å². The number of anilines is 1. The number of allylic oxidation sites excluding steroid dienone is 3. The van der Waals surface area contributed by atoms with Crippen molar-refractivity contribution < 1.29 is 27.5 Å². The molecule has 2 aliphatic heterocycles. The smallest absolute Gasteiger partial charge is 0.386 e. The van der Waals surface area contributed by atoms with E-state index in [0.29, 0.717) is 43.1 Å². The normalized spacial score (nSPS) is 23.6. The minimum absolute atomic E-state index is 0.0188. The zero-order valence-electron chi connectivity index (χ0n) is 29.6. The van der Waals surface area contributed by atoms with E-state index in [-0.39, 0.29) is 34.9 Å². The van der Waals surface area contributed by atoms with Crippen molar-refractivity contribution in [3.63, 3.8) is 0 Å². The van der Waals surface area contributed by atoms with Crippen LogP contribution in [0, 0.1) is 17.8 Å². The molecule has 4 N–H and O–H groups in total. The minimum Gasteiger partial charge on any atom is -0.386 e. The molecule has 0 radical (unpaired) electrons. The lowest BCUT2D eigenvalue weighted by Gasteiger charge is -2.35. The Morgan fingerprint density at radius 2 is 1.76 bits per heavy atom. The first kappa shape index (κ1) is 38.6. The molecule has 1 aromatic carbocycles. The number of halogens is 4. The topological polar surface area (TPSA) is 94.7 Å². The Balaban J connectivity index is 1.11. The fraction of sp³-hybridized carbons (Fsp3) is 0.684. The highest BCUT2D eigenvalue weighted by atomic mass is 35.5. The Kier molecular flexibility index (Phi) is 14.1. The third kappa shape index (κ3) is 10.5. The number of ether oxygens (including phenoxy) is 1. The highest BCUT2D eigenvalue weighted by molar-refractivity contribution is 6.33. The molecule has 50 heavy (non-hydrogen) atoms. The van der Waals surface area contributed by atoms with Crippen molar-refractivity contribution in [3.8, 4) is 0 Å². The maximum atomic E-state index is 13.9. The number of likely N-dealkylation sites (N-methyl/N-ethyl adjacent to an activating group) is 1. The quantitative estimate of drug-likeness (QED) is 0.140. The van der Waals surface area contributed by atoms with E-state index in [1.165, 1.54) is 31.5 Å². The molecule has 1 aromatic rings. The van der Waals surface area contributed by atoms with Gasteiger partial charge in [-0.15, -0.1) is 0 Å². The first-order chi connectivity index (χ1) is 24.0. The number of carbonyl (C=O) groups excluding carboxylic acids is 2. The molecule has 2 amide bonds. The summed E-state index contributed by atoms with van der Waals surface area (Å²) in [6.07, 6.45) is 10.6. The number of nitrogens with one attached hydrogen (secondary N) is 4. The van der Waals surface area contributed by atoms with Crippen LogP contribution in [0.1, 0.15) is 88.2 Å². The molecule has 4 aliphatic rings. The standard InChI is InChI=1S/C38H55ClF3N5O3/c1-43-16-17-45-30-14-18-47(19-15-30)37(49)34(23-27-21-31(38(40,41)42)35(44-2)32(39)22-27)50-20-4-5-25-8-10-26(11-9-25)12-13-29-24-28-6-3-7-33(28)46-36(29)48/h3,6,21-22,25-26,29-30,34,43-45H,4-5,7-20,23-24H2,1-2H3,(H,46,48)/t25?,26?,29-,34+/m0/s1. The molecule has 12 heteroatoms. The fourth-order valence-corrected chi connectivity index (χ4v) is 8.49. The van der Waals surface area contributed by atoms with Crippen LogP contribution in [0.5, 0.6) is 0 Å². The number of hydrogen-bond acceptors (Lipinski definition) is 6. The van der Waals surface area contributed by atoms with E-state index in [4.69, 9.17) is 16.3 Å². The van der Waals surface area contributed by atoms with Crippen molar-refractivity contribution in [1.29, 1.82) is 0 Å². The SMILES string of the molecule is CNCCNC1CCN(C(=O)[C@@H](Cc2cc(Cl)c(NC)c(C(F)(F)F)c2)OCCCC2CCC(CC[C@H]3CC4=C(CC=C4)NC3=O)CC2)CC1. The van der Waals surface area contributed by atoms with Crippen LogP contribution in [0.25, 0.3) is 0 Å². The number of carbonyl (C=O) groups is 2. The summed E-state index contributed by atoms with van der Waals surface area (Å²) in [5.41, 5.74) is 1.68. The van der Waals surface area contributed by atoms with Crippen molar-refractivity contribution in [3.05, 3.63) is 51.7 Å². The average molecular weight is 722 g/mol. The predicted octanol–water partition coefficient (Wildman–Crippen LogP) is 6.85. The minimum atomic E-state index is -4.60. The number of likely N-dealkylation sites (tertiary alicyclic amines) is 1. The second-order valence-corrected chi connectivity index (χ2v) is 15.0. The van der Waals surface area contributed by atoms with E-state index in [1.54, 1.807) is 4.90 Å². The third-order valence-corrected chi connectivity index (χ3v) is 11.4.